The summed E-state index contributed by atoms with van der Waals surface area (Å²) in [4.78, 5) is 2.36. The second kappa shape index (κ2) is 9.43. The van der Waals surface area contributed by atoms with Gasteiger partial charge in [-0.15, -0.1) is 5.10 Å². The van der Waals surface area contributed by atoms with Crippen LogP contribution in [0, 0.1) is 5.92 Å². The van der Waals surface area contributed by atoms with Gasteiger partial charge in [0.25, 0.3) is 0 Å². The lowest BCUT2D eigenvalue weighted by atomic mass is 10.1. The van der Waals surface area contributed by atoms with E-state index in [1.54, 1.807) is 0 Å². The zero-order chi connectivity index (χ0) is 20.1. The van der Waals surface area contributed by atoms with Crippen LogP contribution in [0.3, 0.4) is 0 Å². The van der Waals surface area contributed by atoms with E-state index in [2.05, 4.69) is 43.8 Å². The lowest BCUT2D eigenvalue weighted by molar-refractivity contribution is 0.144. The van der Waals surface area contributed by atoms with Gasteiger partial charge in [0, 0.05) is 43.6 Å². The number of hydrogen-bond acceptors (Lipinski definition) is 5. The van der Waals surface area contributed by atoms with Crippen molar-refractivity contribution in [3.8, 4) is 5.88 Å². The van der Waals surface area contributed by atoms with E-state index in [-0.39, 0.29) is 0 Å². The van der Waals surface area contributed by atoms with Crippen LogP contribution in [0.1, 0.15) is 31.5 Å². The van der Waals surface area contributed by atoms with Crippen molar-refractivity contribution in [1.82, 2.24) is 20.0 Å². The van der Waals surface area contributed by atoms with Gasteiger partial charge in [-0.05, 0) is 51.6 Å². The third-order valence-corrected chi connectivity index (χ3v) is 5.76. The molecule has 1 atom stereocenters. The van der Waals surface area contributed by atoms with Gasteiger partial charge in [0.15, 0.2) is 0 Å². The third-order valence-electron chi connectivity index (χ3n) is 5.76. The largest absolute Gasteiger partial charge is 0.476 e. The Morgan fingerprint density at radius 2 is 2.14 bits per heavy atom. The van der Waals surface area contributed by atoms with Crippen molar-refractivity contribution in [3.63, 3.8) is 0 Å². The molecule has 2 aliphatic heterocycles. The molecule has 1 saturated heterocycles. The molecule has 0 bridgehead atoms. The van der Waals surface area contributed by atoms with Gasteiger partial charge in [0.05, 0.1) is 31.2 Å². The normalized spacial score (nSPS) is 21.7. The molecule has 1 aromatic heterocycles. The standard InChI is InChI=1S/C22H34N4O2/c1-6-19(13-16(2)17(3)23-4)26-21-9-12-27-11-8-20(21)22(24-26)28-15-18-7-10-25(5)14-18/h6,13,18,23H,1,7-12,14-15H2,2-5H3/b17-16+,19-13+. The molecular formula is C22H34N4O2. The molecule has 6 heteroatoms. The number of rotatable bonds is 7. The smallest absolute Gasteiger partial charge is 0.236 e. The van der Waals surface area contributed by atoms with Gasteiger partial charge in [-0.1, -0.05) is 6.58 Å². The fourth-order valence-corrected chi connectivity index (χ4v) is 3.84. The maximum absolute atomic E-state index is 6.24. The van der Waals surface area contributed by atoms with Gasteiger partial charge >= 0.3 is 0 Å². The minimum atomic E-state index is 0.575. The molecule has 0 amide bonds. The molecule has 0 spiro atoms. The number of hydrogen-bond donors (Lipinski definition) is 1. The van der Waals surface area contributed by atoms with Crippen LogP contribution in [-0.4, -0.2) is 61.7 Å². The Hall–Kier alpha value is -2.05. The maximum Gasteiger partial charge on any atom is 0.236 e. The Bertz CT molecular complexity index is 763. The number of likely N-dealkylation sites (tertiary alicyclic amines) is 1. The first-order valence-corrected chi connectivity index (χ1v) is 10.2. The Labute approximate surface area is 168 Å². The zero-order valence-corrected chi connectivity index (χ0v) is 17.8. The molecule has 1 N–H and O–H groups in total. The maximum atomic E-state index is 6.24. The van der Waals surface area contributed by atoms with Crippen molar-refractivity contribution < 1.29 is 9.47 Å². The molecule has 154 valence electrons. The molecule has 0 aromatic carbocycles. The first-order chi connectivity index (χ1) is 13.5. The van der Waals surface area contributed by atoms with E-state index in [1.165, 1.54) is 17.7 Å². The highest BCUT2D eigenvalue weighted by Gasteiger charge is 2.25. The van der Waals surface area contributed by atoms with E-state index in [0.717, 1.165) is 55.4 Å². The first kappa shape index (κ1) is 20.7. The fourth-order valence-electron chi connectivity index (χ4n) is 3.84. The van der Waals surface area contributed by atoms with Crippen LogP contribution in [0.5, 0.6) is 5.88 Å². The summed E-state index contributed by atoms with van der Waals surface area (Å²) in [6, 6.07) is 0. The molecule has 1 aromatic rings. The quantitative estimate of drug-likeness (QED) is 0.731. The van der Waals surface area contributed by atoms with Crippen molar-refractivity contribution in [2.24, 2.45) is 5.92 Å². The summed E-state index contributed by atoms with van der Waals surface area (Å²) >= 11 is 0. The van der Waals surface area contributed by atoms with Crippen LogP contribution < -0.4 is 10.1 Å². The highest BCUT2D eigenvalue weighted by Crippen LogP contribution is 2.29. The average Bonchev–Trinajstić information content (AvgIpc) is 3.17. The second-order valence-corrected chi connectivity index (χ2v) is 7.81. The van der Waals surface area contributed by atoms with Gasteiger partial charge < -0.3 is 19.7 Å². The summed E-state index contributed by atoms with van der Waals surface area (Å²) in [5.41, 5.74) is 5.60. The summed E-state index contributed by atoms with van der Waals surface area (Å²) in [7, 11) is 4.10. The molecule has 28 heavy (non-hydrogen) atoms. The molecule has 6 nitrogen and oxygen atoms in total. The van der Waals surface area contributed by atoms with Gasteiger partial charge in [-0.3, -0.25) is 0 Å². The topological polar surface area (TPSA) is 51.5 Å². The minimum Gasteiger partial charge on any atom is -0.476 e. The second-order valence-electron chi connectivity index (χ2n) is 7.81. The number of ether oxygens (including phenoxy) is 2. The van der Waals surface area contributed by atoms with Crippen LogP contribution in [-0.2, 0) is 17.6 Å². The van der Waals surface area contributed by atoms with Gasteiger partial charge in [0.1, 0.15) is 0 Å². The van der Waals surface area contributed by atoms with Crippen molar-refractivity contribution in [2.75, 3.05) is 47.0 Å². The van der Waals surface area contributed by atoms with Crippen molar-refractivity contribution in [2.45, 2.75) is 33.1 Å². The van der Waals surface area contributed by atoms with E-state index in [1.807, 2.05) is 17.8 Å². The van der Waals surface area contributed by atoms with E-state index >= 15 is 0 Å². The lowest BCUT2D eigenvalue weighted by Gasteiger charge is -2.11. The molecule has 0 aliphatic carbocycles. The summed E-state index contributed by atoms with van der Waals surface area (Å²) in [6.45, 7) is 12.6. The average molecular weight is 387 g/mol. The van der Waals surface area contributed by atoms with Crippen molar-refractivity contribution >= 4 is 5.70 Å². The van der Waals surface area contributed by atoms with Crippen LogP contribution in [0.15, 0.2) is 30.0 Å². The van der Waals surface area contributed by atoms with E-state index in [4.69, 9.17) is 14.6 Å². The first-order valence-electron chi connectivity index (χ1n) is 10.2. The van der Waals surface area contributed by atoms with Gasteiger partial charge in [0.2, 0.25) is 5.88 Å². The third kappa shape index (κ3) is 4.67. The van der Waals surface area contributed by atoms with Crippen LogP contribution in [0.25, 0.3) is 5.70 Å². The fraction of sp³-hybridized carbons (Fsp3) is 0.591. The van der Waals surface area contributed by atoms with E-state index in [0.29, 0.717) is 19.1 Å². The Kier molecular flexibility index (Phi) is 6.97. The number of nitrogens with one attached hydrogen (secondary N) is 1. The van der Waals surface area contributed by atoms with Gasteiger partial charge in [-0.25, -0.2) is 4.68 Å². The Morgan fingerprint density at radius 3 is 2.82 bits per heavy atom. The molecular weight excluding hydrogens is 352 g/mol. The van der Waals surface area contributed by atoms with Crippen LogP contribution in [0.4, 0.5) is 0 Å². The lowest BCUT2D eigenvalue weighted by Crippen LogP contribution is -2.18. The number of allylic oxidation sites excluding steroid dienone is 5. The van der Waals surface area contributed by atoms with E-state index < -0.39 is 0 Å². The summed E-state index contributed by atoms with van der Waals surface area (Å²) < 4.78 is 14.0. The van der Waals surface area contributed by atoms with Crippen molar-refractivity contribution in [1.29, 1.82) is 0 Å². The molecule has 0 saturated carbocycles. The molecule has 0 radical (unpaired) electrons. The molecule has 2 aliphatic rings. The molecule has 1 unspecified atom stereocenters. The Morgan fingerprint density at radius 1 is 1.36 bits per heavy atom. The molecule has 1 fully saturated rings. The highest BCUT2D eigenvalue weighted by molar-refractivity contribution is 5.61. The molecule has 3 rings (SSSR count). The monoisotopic (exact) mass is 386 g/mol. The van der Waals surface area contributed by atoms with E-state index in [9.17, 15) is 0 Å². The number of nitrogens with zero attached hydrogens (tertiary/aromatic N) is 3. The zero-order valence-electron chi connectivity index (χ0n) is 17.8. The predicted octanol–water partition coefficient (Wildman–Crippen LogP) is 2.87. The van der Waals surface area contributed by atoms with Crippen LogP contribution in [0.2, 0.25) is 0 Å². The summed E-state index contributed by atoms with van der Waals surface area (Å²) in [5, 5.41) is 8.07. The minimum absolute atomic E-state index is 0.575. The predicted molar refractivity (Wildman–Crippen MR) is 113 cm³/mol. The summed E-state index contributed by atoms with van der Waals surface area (Å²) in [6.07, 6.45) is 6.84. The van der Waals surface area contributed by atoms with Gasteiger partial charge in [-0.2, -0.15) is 0 Å². The Balaban J connectivity index is 1.91. The number of aromatic nitrogens is 2. The number of fused-ring (bicyclic) bond motifs is 1. The van der Waals surface area contributed by atoms with Crippen LogP contribution >= 0.6 is 0 Å². The SMILES string of the molecule is C=C/C(=C\C(C)=C(/C)NC)n1nc(OCC2CCN(C)C2)c2c1CCOCC2. The highest BCUT2D eigenvalue weighted by atomic mass is 16.5. The summed E-state index contributed by atoms with van der Waals surface area (Å²) in [5.74, 6) is 1.33. The van der Waals surface area contributed by atoms with Crippen molar-refractivity contribution in [3.05, 3.63) is 41.3 Å². The molecule has 3 heterocycles.